The molecule has 0 amide bonds. The van der Waals surface area contributed by atoms with Crippen LogP contribution in [0.5, 0.6) is 0 Å². The van der Waals surface area contributed by atoms with Crippen molar-refractivity contribution in [3.8, 4) is 0 Å². The second-order valence-electron chi connectivity index (χ2n) is 16.3. The summed E-state index contributed by atoms with van der Waals surface area (Å²) in [6.45, 7) is 20.4. The minimum absolute atomic E-state index is 0. The molecule has 0 spiro atoms. The number of fused-ring (bicyclic) bond motifs is 3. The molecule has 7 rings (SSSR count). The summed E-state index contributed by atoms with van der Waals surface area (Å²) in [5, 5.41) is 5.48. The molecule has 3 heteroatoms. The van der Waals surface area contributed by atoms with E-state index in [0.717, 1.165) is 30.3 Å². The molecule has 0 bridgehead atoms. The van der Waals surface area contributed by atoms with E-state index in [1.807, 2.05) is 0 Å². The summed E-state index contributed by atoms with van der Waals surface area (Å²) in [6, 6.07) is 46.0. The molecular weight excluding hydrogens is 838 g/mol. The van der Waals surface area contributed by atoms with Gasteiger partial charge in [-0.3, -0.25) is 0 Å². The first kappa shape index (κ1) is 43.2. The van der Waals surface area contributed by atoms with Crippen LogP contribution in [0, 0.1) is 6.08 Å². The molecule has 0 heterocycles. The van der Waals surface area contributed by atoms with E-state index in [0.29, 0.717) is 0 Å². The van der Waals surface area contributed by atoms with Crippen molar-refractivity contribution in [2.75, 3.05) is 0 Å². The van der Waals surface area contributed by atoms with Gasteiger partial charge in [0.25, 0.3) is 0 Å². The van der Waals surface area contributed by atoms with Crippen molar-refractivity contribution in [1.82, 2.24) is 0 Å². The Morgan fingerprint density at radius 2 is 1.00 bits per heavy atom. The zero-order valence-electron chi connectivity index (χ0n) is 32.3. The van der Waals surface area contributed by atoms with Crippen molar-refractivity contribution in [2.24, 2.45) is 0 Å². The van der Waals surface area contributed by atoms with Crippen LogP contribution in [0.3, 0.4) is 0 Å². The van der Waals surface area contributed by atoms with Crippen molar-refractivity contribution in [3.05, 3.63) is 179 Å². The van der Waals surface area contributed by atoms with E-state index in [1.54, 1.807) is 0 Å². The van der Waals surface area contributed by atoms with E-state index in [1.165, 1.54) is 63.8 Å². The third-order valence-electron chi connectivity index (χ3n) is 9.28. The van der Waals surface area contributed by atoms with Crippen LogP contribution < -0.4 is 0 Å². The minimum atomic E-state index is 0. The van der Waals surface area contributed by atoms with E-state index in [2.05, 4.69) is 208 Å². The molecule has 6 aromatic rings. The number of hydrogen-bond donors (Lipinski definition) is 0. The van der Waals surface area contributed by atoms with Crippen molar-refractivity contribution < 1.29 is 23.9 Å². The van der Waals surface area contributed by atoms with Crippen LogP contribution in [0.1, 0.15) is 102 Å². The van der Waals surface area contributed by atoms with Gasteiger partial charge in [-0.25, -0.2) is 0 Å². The summed E-state index contributed by atoms with van der Waals surface area (Å²) in [5.74, 6) is 0. The first-order valence-electron chi connectivity index (χ1n) is 17.8. The molecule has 0 unspecified atom stereocenters. The normalized spacial score (nSPS) is 12.5. The molecule has 1 aliphatic carbocycles. The Bertz CT molecular complexity index is 2020. The van der Waals surface area contributed by atoms with Gasteiger partial charge in [0.15, 0.2) is 0 Å². The van der Waals surface area contributed by atoms with Gasteiger partial charge in [-0.05, 0) is 16.2 Å². The quantitative estimate of drug-likeness (QED) is 0.123. The van der Waals surface area contributed by atoms with Gasteiger partial charge in [-0.15, -0.1) is 82.3 Å². The van der Waals surface area contributed by atoms with Crippen molar-refractivity contribution in [1.29, 1.82) is 0 Å². The van der Waals surface area contributed by atoms with Gasteiger partial charge in [0.1, 0.15) is 0 Å². The van der Waals surface area contributed by atoms with Crippen molar-refractivity contribution in [2.45, 2.75) is 85.0 Å². The Morgan fingerprint density at radius 1 is 0.558 bits per heavy atom. The van der Waals surface area contributed by atoms with E-state index in [-0.39, 0.29) is 41.1 Å². The molecule has 1 aliphatic rings. The number of hydrogen-bond acceptors (Lipinski definition) is 0. The summed E-state index contributed by atoms with van der Waals surface area (Å²) < 4.78 is 1.46. The Balaban J connectivity index is 0.000000212. The first-order chi connectivity index (χ1) is 23.6. The van der Waals surface area contributed by atoms with E-state index < -0.39 is 0 Å². The number of allylic oxidation sites excluding steroid dienone is 4. The summed E-state index contributed by atoms with van der Waals surface area (Å²) >= 11 is 1.08. The zero-order chi connectivity index (χ0) is 36.1. The van der Waals surface area contributed by atoms with Crippen LogP contribution in [0.25, 0.3) is 27.1 Å². The zero-order valence-corrected chi connectivity index (χ0v) is 37.5. The molecule has 0 nitrogen and oxygen atoms in total. The number of halogens is 2. The van der Waals surface area contributed by atoms with Gasteiger partial charge in [-0.1, -0.05) is 128 Å². The first-order valence-corrected chi connectivity index (χ1v) is 19.6. The van der Waals surface area contributed by atoms with Gasteiger partial charge in [0.05, 0.1) is 0 Å². The summed E-state index contributed by atoms with van der Waals surface area (Å²) in [5.41, 5.74) is 10.1. The van der Waals surface area contributed by atoms with E-state index in [4.69, 9.17) is 0 Å². The Kier molecular flexibility index (Phi) is 15.1. The summed E-state index contributed by atoms with van der Waals surface area (Å²) in [6.07, 6.45) is 8.68. The van der Waals surface area contributed by atoms with Crippen molar-refractivity contribution in [3.63, 3.8) is 0 Å². The van der Waals surface area contributed by atoms with Crippen LogP contribution in [-0.4, -0.2) is 3.26 Å². The number of rotatable bonds is 3. The van der Waals surface area contributed by atoms with Crippen LogP contribution in [0.4, 0.5) is 0 Å². The van der Waals surface area contributed by atoms with Gasteiger partial charge >= 0.3 is 98.9 Å². The second-order valence-corrected chi connectivity index (χ2v) is 18.1. The van der Waals surface area contributed by atoms with E-state index in [9.17, 15) is 0 Å². The van der Waals surface area contributed by atoms with Gasteiger partial charge in [0.2, 0.25) is 0 Å². The van der Waals surface area contributed by atoms with Crippen LogP contribution in [-0.2, 0) is 40.1 Å². The maximum absolute atomic E-state index is 3.39. The fraction of sp³-hybridized carbons (Fsp3) is 0.265. The molecule has 268 valence electrons. The molecule has 0 N–H and O–H groups in total. The molecule has 0 saturated heterocycles. The molecule has 0 atom stereocenters. The molecule has 6 aromatic carbocycles. The monoisotopic (exact) mass is 892 g/mol. The molecule has 0 aromatic heterocycles. The molecule has 0 aliphatic heterocycles. The predicted octanol–water partition coefficient (Wildman–Crippen LogP) is 14.1. The Labute approximate surface area is 340 Å². The van der Waals surface area contributed by atoms with Gasteiger partial charge < -0.3 is 0 Å². The average Bonchev–Trinajstić information content (AvgIpc) is 3.76. The third-order valence-corrected chi connectivity index (χ3v) is 11.4. The fourth-order valence-corrected chi connectivity index (χ4v) is 7.49. The Morgan fingerprint density at radius 3 is 1.40 bits per heavy atom. The molecule has 0 radical (unpaired) electrons. The Hall–Kier alpha value is -3.23. The summed E-state index contributed by atoms with van der Waals surface area (Å²) in [4.78, 5) is 0. The molecule has 0 saturated carbocycles. The van der Waals surface area contributed by atoms with Crippen LogP contribution >= 0.6 is 24.8 Å². The van der Waals surface area contributed by atoms with E-state index >= 15 is 0 Å². The maximum atomic E-state index is 3.39. The molecule has 52 heavy (non-hydrogen) atoms. The fourth-order valence-electron chi connectivity index (χ4n) is 6.29. The summed E-state index contributed by atoms with van der Waals surface area (Å²) in [7, 11) is 0. The second kappa shape index (κ2) is 18.2. The third kappa shape index (κ3) is 10.9. The van der Waals surface area contributed by atoms with Crippen LogP contribution in [0.15, 0.2) is 140 Å². The predicted molar refractivity (Wildman–Crippen MR) is 231 cm³/mol. The van der Waals surface area contributed by atoms with Crippen molar-refractivity contribution >= 4 is 55.2 Å². The SMILES string of the molecule is CC(C)(C)c1ccc2c(c1)[cH-]c1cc(C(C)(C)C)ccc12.CC(C)(C)c1ccccc1C1=[C-]CC=C1.Cl.Cl.[Hf+2]=[C](c1ccccc1)c1ccccc1. The van der Waals surface area contributed by atoms with Gasteiger partial charge in [0, 0.05) is 0 Å². The molecule has 0 fully saturated rings. The average molecular weight is 892 g/mol. The molecular formula is C49H54Cl2Hf. The van der Waals surface area contributed by atoms with Gasteiger partial charge in [-0.2, -0.15) is 17.7 Å². The number of benzene rings is 5. The topological polar surface area (TPSA) is 0 Å². The standard InChI is InChI=1S/C21H25.C15H17.C13H10.2ClH.Hf/c1-20(2,3)16-7-9-18-14(12-16)11-15-13-17(21(4,5)6)8-10-19(15)18;1-15(2,3)14-11-7-6-10-13(14)12-8-4-5-9-12;1-3-7-12(8-4-1)11-13-9-5-2-6-10-13;;;/h7-13H,1-6H3;4,6-8,10-11H,5H2,1-3H3;1-10H;2*1H;/q2*-1;;;;+2. The van der Waals surface area contributed by atoms with Crippen LogP contribution in [0.2, 0.25) is 0 Å².